The Hall–Kier alpha value is -2.48. The van der Waals surface area contributed by atoms with Gasteiger partial charge < -0.3 is 5.53 Å². The Morgan fingerprint density at radius 1 is 0.600 bits per heavy atom. The van der Waals surface area contributed by atoms with Gasteiger partial charge in [0.2, 0.25) is 11.4 Å². The fraction of sp³-hybridized carbons (Fsp3) is 0.515. The number of hydrogen-bond acceptors (Lipinski definition) is 0. The Morgan fingerprint density at radius 3 is 1.91 bits per heavy atom. The first-order chi connectivity index (χ1) is 17.1. The summed E-state index contributed by atoms with van der Waals surface area (Å²) in [6.07, 6.45) is 15.7. The van der Waals surface area contributed by atoms with Gasteiger partial charge >= 0.3 is 0 Å². The molecule has 0 atom stereocenters. The number of unbranched alkanes of at least 4 members (excludes halogenated alkanes) is 7. The summed E-state index contributed by atoms with van der Waals surface area (Å²) >= 11 is 0. The van der Waals surface area contributed by atoms with Gasteiger partial charge in [0.15, 0.2) is 0 Å². The first-order valence-corrected chi connectivity index (χ1v) is 14.2. The van der Waals surface area contributed by atoms with Crippen molar-refractivity contribution in [1.82, 2.24) is 0 Å². The summed E-state index contributed by atoms with van der Waals surface area (Å²) < 4.78 is 1.49. The Bertz CT molecular complexity index is 1020. The molecule has 0 unspecified atom stereocenters. The molecule has 2 heteroatoms. The molecule has 1 aliphatic heterocycles. The second-order valence-corrected chi connectivity index (χ2v) is 10.2. The highest BCUT2D eigenvalue weighted by Crippen LogP contribution is 2.42. The Labute approximate surface area is 214 Å². The van der Waals surface area contributed by atoms with Crippen LogP contribution in [-0.2, 0) is 12.8 Å². The normalized spacial score (nSPS) is 13.9. The summed E-state index contributed by atoms with van der Waals surface area (Å²) in [5, 5.41) is 0. The van der Waals surface area contributed by atoms with Crippen molar-refractivity contribution < 1.29 is 4.70 Å². The molecule has 0 aromatic heterocycles. The van der Waals surface area contributed by atoms with Crippen LogP contribution in [0.5, 0.6) is 0 Å². The maximum Gasteiger partial charge on any atom is 0.211 e. The molecule has 0 N–H and O–H groups in total. The highest BCUT2D eigenvalue weighted by Gasteiger charge is 2.33. The van der Waals surface area contributed by atoms with E-state index in [1.54, 1.807) is 0 Å². The Balaban J connectivity index is 1.89. The van der Waals surface area contributed by atoms with Crippen LogP contribution in [0.4, 0.5) is 0 Å². The van der Waals surface area contributed by atoms with Crippen LogP contribution in [0.1, 0.15) is 121 Å². The van der Waals surface area contributed by atoms with Crippen molar-refractivity contribution in [3.8, 4) is 0 Å². The third-order valence-electron chi connectivity index (χ3n) is 7.36. The van der Waals surface area contributed by atoms with Crippen LogP contribution in [0.2, 0.25) is 0 Å². The zero-order chi connectivity index (χ0) is 25.0. The molecule has 0 bridgehead atoms. The largest absolute Gasteiger partial charge is 0.493 e. The lowest BCUT2D eigenvalue weighted by atomic mass is 9.95. The summed E-state index contributed by atoms with van der Waals surface area (Å²) in [5.74, 6) is 0. The highest BCUT2D eigenvalue weighted by atomic mass is 15.2. The van der Waals surface area contributed by atoms with Crippen LogP contribution in [0.25, 0.3) is 16.9 Å². The molecule has 0 fully saturated rings. The SMILES string of the molecule is CCCCCCCCC1=C(c2ccc(CCCC)cc2)[N+](=[N-])C(c2cccc(CCCC)c2)=C1C. The van der Waals surface area contributed by atoms with Gasteiger partial charge in [-0.15, -0.1) is 0 Å². The van der Waals surface area contributed by atoms with Crippen molar-refractivity contribution in [3.63, 3.8) is 0 Å². The van der Waals surface area contributed by atoms with Crippen molar-refractivity contribution in [3.05, 3.63) is 87.5 Å². The van der Waals surface area contributed by atoms with Crippen molar-refractivity contribution in [2.45, 2.75) is 111 Å². The lowest BCUT2D eigenvalue weighted by Gasteiger charge is -2.11. The molecule has 35 heavy (non-hydrogen) atoms. The molecule has 1 heterocycles. The molecule has 0 saturated carbocycles. The maximum absolute atomic E-state index is 11.6. The first-order valence-electron chi connectivity index (χ1n) is 14.2. The van der Waals surface area contributed by atoms with E-state index >= 15 is 0 Å². The number of hydrogen-bond donors (Lipinski definition) is 0. The Morgan fingerprint density at radius 2 is 1.23 bits per heavy atom. The van der Waals surface area contributed by atoms with Gasteiger partial charge in [-0.25, -0.2) is 4.70 Å². The smallest absolute Gasteiger partial charge is 0.211 e. The summed E-state index contributed by atoms with van der Waals surface area (Å²) in [5.41, 5.74) is 21.0. The number of rotatable bonds is 15. The molecule has 1 aliphatic rings. The van der Waals surface area contributed by atoms with Crippen LogP contribution in [0.3, 0.4) is 0 Å². The predicted molar refractivity (Wildman–Crippen MR) is 151 cm³/mol. The number of allylic oxidation sites excluding steroid dienone is 2. The topological polar surface area (TPSA) is 25.3 Å². The van der Waals surface area contributed by atoms with E-state index in [9.17, 15) is 5.53 Å². The minimum Gasteiger partial charge on any atom is -0.493 e. The van der Waals surface area contributed by atoms with Gasteiger partial charge in [0, 0.05) is 22.3 Å². The summed E-state index contributed by atoms with van der Waals surface area (Å²) in [6, 6.07) is 17.7. The molecule has 0 saturated heterocycles. The molecule has 0 radical (unpaired) electrons. The molecular weight excluding hydrogens is 424 g/mol. The van der Waals surface area contributed by atoms with E-state index < -0.39 is 0 Å². The van der Waals surface area contributed by atoms with Gasteiger partial charge in [-0.05, 0) is 80.8 Å². The minimum atomic E-state index is 0.953. The van der Waals surface area contributed by atoms with Gasteiger partial charge in [0.25, 0.3) is 0 Å². The second kappa shape index (κ2) is 14.2. The average molecular weight is 471 g/mol. The monoisotopic (exact) mass is 470 g/mol. The van der Waals surface area contributed by atoms with Crippen molar-refractivity contribution in [2.24, 2.45) is 0 Å². The van der Waals surface area contributed by atoms with Crippen LogP contribution < -0.4 is 0 Å². The summed E-state index contributed by atoms with van der Waals surface area (Å²) in [6.45, 7) is 8.95. The summed E-state index contributed by atoms with van der Waals surface area (Å²) in [7, 11) is 0. The highest BCUT2D eigenvalue weighted by molar-refractivity contribution is 5.81. The molecular formula is C33H46N2. The third-order valence-corrected chi connectivity index (χ3v) is 7.36. The third kappa shape index (κ3) is 7.26. The van der Waals surface area contributed by atoms with E-state index in [0.29, 0.717) is 0 Å². The van der Waals surface area contributed by atoms with E-state index in [-0.39, 0.29) is 0 Å². The Kier molecular flexibility index (Phi) is 11.0. The molecule has 3 rings (SSSR count). The van der Waals surface area contributed by atoms with Gasteiger partial charge in [-0.3, -0.25) is 0 Å². The molecule has 2 aromatic rings. The molecule has 0 spiro atoms. The van der Waals surface area contributed by atoms with Crippen molar-refractivity contribution in [2.75, 3.05) is 0 Å². The standard InChI is InChI=1S/C33H46N2/c1-5-8-11-12-13-14-20-31-26(4)32(30-19-15-18-28(25-30)17-10-7-3)35(34)33(31)29-23-21-27(22-24-29)16-9-6-2/h15,18-19,21-25H,5-14,16-17,20H2,1-4H3. The van der Waals surface area contributed by atoms with E-state index in [4.69, 9.17) is 0 Å². The molecule has 2 aromatic carbocycles. The molecule has 2 nitrogen and oxygen atoms in total. The van der Waals surface area contributed by atoms with Crippen molar-refractivity contribution in [1.29, 1.82) is 0 Å². The predicted octanol–water partition coefficient (Wildman–Crippen LogP) is 10.3. The van der Waals surface area contributed by atoms with Crippen LogP contribution >= 0.6 is 0 Å². The fourth-order valence-electron chi connectivity index (χ4n) is 5.21. The number of nitrogens with zero attached hydrogens (tertiary/aromatic N) is 2. The van der Waals surface area contributed by atoms with E-state index in [0.717, 1.165) is 41.8 Å². The van der Waals surface area contributed by atoms with Crippen LogP contribution in [0, 0.1) is 0 Å². The van der Waals surface area contributed by atoms with Gasteiger partial charge in [0.1, 0.15) is 0 Å². The second-order valence-electron chi connectivity index (χ2n) is 10.2. The average Bonchev–Trinajstić information content (AvgIpc) is 3.13. The van der Waals surface area contributed by atoms with Gasteiger partial charge in [-0.2, -0.15) is 0 Å². The fourth-order valence-corrected chi connectivity index (χ4v) is 5.21. The van der Waals surface area contributed by atoms with Gasteiger partial charge in [-0.1, -0.05) is 90.0 Å². The lowest BCUT2D eigenvalue weighted by Crippen LogP contribution is -2.03. The minimum absolute atomic E-state index is 0.953. The van der Waals surface area contributed by atoms with E-state index in [1.807, 2.05) is 0 Å². The number of aryl methyl sites for hydroxylation is 2. The summed E-state index contributed by atoms with van der Waals surface area (Å²) in [4.78, 5) is 0. The maximum atomic E-state index is 11.6. The van der Waals surface area contributed by atoms with Crippen molar-refractivity contribution >= 4 is 11.4 Å². The van der Waals surface area contributed by atoms with E-state index in [1.165, 1.54) is 91.2 Å². The quantitative estimate of drug-likeness (QED) is 0.183. The lowest BCUT2D eigenvalue weighted by molar-refractivity contribution is -0.345. The zero-order valence-electron chi connectivity index (χ0n) is 22.7. The molecule has 0 aliphatic carbocycles. The molecule has 0 amide bonds. The first kappa shape index (κ1) is 27.1. The number of benzene rings is 2. The van der Waals surface area contributed by atoms with Gasteiger partial charge in [0.05, 0.1) is 0 Å². The molecule has 188 valence electrons. The van der Waals surface area contributed by atoms with Crippen LogP contribution in [-0.4, -0.2) is 4.70 Å². The van der Waals surface area contributed by atoms with E-state index in [2.05, 4.69) is 76.2 Å². The zero-order valence-corrected chi connectivity index (χ0v) is 22.7. The van der Waals surface area contributed by atoms with Crippen LogP contribution in [0.15, 0.2) is 59.7 Å².